The first-order valence-electron chi connectivity index (χ1n) is 12.1. The van der Waals surface area contributed by atoms with E-state index in [2.05, 4.69) is 16.0 Å². The molecule has 8 heteroatoms. The molecule has 1 aliphatic heterocycles. The average Bonchev–Trinajstić information content (AvgIpc) is 3.52. The summed E-state index contributed by atoms with van der Waals surface area (Å²) in [4.78, 5) is 13.6. The predicted molar refractivity (Wildman–Crippen MR) is 157 cm³/mol. The van der Waals surface area contributed by atoms with Gasteiger partial charge in [-0.15, -0.1) is 11.3 Å². The highest BCUT2D eigenvalue weighted by Crippen LogP contribution is 2.43. The first kappa shape index (κ1) is 26.8. The van der Waals surface area contributed by atoms with Crippen LogP contribution in [0.5, 0.6) is 5.75 Å². The third-order valence-corrected chi connectivity index (χ3v) is 8.28. The predicted octanol–water partition coefficient (Wildman–Crippen LogP) is 7.09. The van der Waals surface area contributed by atoms with Gasteiger partial charge in [0.25, 0.3) is 5.91 Å². The minimum atomic E-state index is -1.04. The van der Waals surface area contributed by atoms with E-state index in [1.807, 2.05) is 101 Å². The molecule has 0 aliphatic carbocycles. The number of hydrogen-bond acceptors (Lipinski definition) is 6. The molecular weight excluding hydrogens is 500 g/mol. The molecule has 0 saturated carbocycles. The maximum Gasteiger partial charge on any atom is 0.265 e. The van der Waals surface area contributed by atoms with E-state index < -0.39 is 4.87 Å². The molecular formula is C29H34N4O2S2. The maximum absolute atomic E-state index is 13.8. The zero-order valence-corrected chi connectivity index (χ0v) is 23.7. The molecule has 37 heavy (non-hydrogen) atoms. The molecule has 0 fully saturated rings. The number of carbonyl (C=O) groups excluding carboxylic acids is 1. The number of phenolic OH excluding ortho intramolecular Hbond substituents is 1. The molecule has 1 unspecified atom stereocenters. The summed E-state index contributed by atoms with van der Waals surface area (Å²) in [6.07, 6.45) is 1.78. The van der Waals surface area contributed by atoms with E-state index in [0.29, 0.717) is 11.5 Å². The van der Waals surface area contributed by atoms with Crippen molar-refractivity contribution in [3.63, 3.8) is 0 Å². The van der Waals surface area contributed by atoms with Crippen molar-refractivity contribution in [2.45, 2.75) is 57.2 Å². The van der Waals surface area contributed by atoms with Crippen molar-refractivity contribution in [1.29, 1.82) is 5.41 Å². The summed E-state index contributed by atoms with van der Waals surface area (Å²) in [5.41, 5.74) is 3.19. The molecule has 0 spiro atoms. The number of nitrogens with one attached hydrogen (secondary N) is 4. The zero-order chi connectivity index (χ0) is 27.0. The van der Waals surface area contributed by atoms with Crippen LogP contribution in [-0.2, 0) is 20.5 Å². The second-order valence-corrected chi connectivity index (χ2v) is 13.2. The van der Waals surface area contributed by atoms with Crippen LogP contribution in [0.25, 0.3) is 0 Å². The summed E-state index contributed by atoms with van der Waals surface area (Å²) in [5, 5.41) is 32.6. The van der Waals surface area contributed by atoms with Gasteiger partial charge in [0.1, 0.15) is 11.6 Å². The Balaban J connectivity index is 1.63. The molecule has 1 amide bonds. The minimum Gasteiger partial charge on any atom is -0.507 e. The SMILES string of the molecule is CC(C)(C)c1cc(NC(=O)C2(c3ccc(NC(=N)c4cccs4)cc3)NC=CS2)cc(C(C)(C)C)c1O. The lowest BCUT2D eigenvalue weighted by Gasteiger charge is -2.31. The van der Waals surface area contributed by atoms with E-state index in [4.69, 9.17) is 5.41 Å². The molecule has 3 aromatic rings. The van der Waals surface area contributed by atoms with Crippen LogP contribution in [0.2, 0.25) is 0 Å². The van der Waals surface area contributed by atoms with Crippen molar-refractivity contribution in [1.82, 2.24) is 5.32 Å². The Labute approximate surface area is 227 Å². The molecule has 2 aromatic carbocycles. The van der Waals surface area contributed by atoms with Gasteiger partial charge in [-0.25, -0.2) is 0 Å². The van der Waals surface area contributed by atoms with Crippen molar-refractivity contribution >= 4 is 46.2 Å². The van der Waals surface area contributed by atoms with Crippen LogP contribution in [0.15, 0.2) is 65.5 Å². The molecule has 1 atom stereocenters. The minimum absolute atomic E-state index is 0.208. The lowest BCUT2D eigenvalue weighted by atomic mass is 9.79. The summed E-state index contributed by atoms with van der Waals surface area (Å²) in [6.45, 7) is 12.3. The highest BCUT2D eigenvalue weighted by atomic mass is 32.2. The van der Waals surface area contributed by atoms with Crippen molar-refractivity contribution in [2.75, 3.05) is 10.6 Å². The Morgan fingerprint density at radius 1 is 0.946 bits per heavy atom. The van der Waals surface area contributed by atoms with Crippen LogP contribution in [0, 0.1) is 5.41 Å². The van der Waals surface area contributed by atoms with Gasteiger partial charge in [-0.2, -0.15) is 0 Å². The van der Waals surface area contributed by atoms with Gasteiger partial charge in [0.15, 0.2) is 4.87 Å². The van der Waals surface area contributed by atoms with Crippen molar-refractivity contribution < 1.29 is 9.90 Å². The van der Waals surface area contributed by atoms with Gasteiger partial charge >= 0.3 is 0 Å². The highest BCUT2D eigenvalue weighted by Gasteiger charge is 2.42. The molecule has 4 rings (SSSR count). The number of phenols is 1. The smallest absolute Gasteiger partial charge is 0.265 e. The number of carbonyl (C=O) groups is 1. The maximum atomic E-state index is 13.8. The number of thiophene rings is 1. The second kappa shape index (κ2) is 9.91. The Bertz CT molecular complexity index is 1290. The van der Waals surface area contributed by atoms with Crippen LogP contribution < -0.4 is 16.0 Å². The van der Waals surface area contributed by atoms with Gasteiger partial charge in [-0.1, -0.05) is 71.5 Å². The van der Waals surface area contributed by atoms with E-state index in [1.54, 1.807) is 6.20 Å². The first-order chi connectivity index (χ1) is 17.3. The molecule has 5 N–H and O–H groups in total. The first-order valence-corrected chi connectivity index (χ1v) is 13.9. The number of benzene rings is 2. The van der Waals surface area contributed by atoms with Crippen LogP contribution in [0.1, 0.15) is 63.1 Å². The summed E-state index contributed by atoms with van der Waals surface area (Å²) in [7, 11) is 0. The molecule has 6 nitrogen and oxygen atoms in total. The fourth-order valence-electron chi connectivity index (χ4n) is 4.21. The largest absolute Gasteiger partial charge is 0.507 e. The van der Waals surface area contributed by atoms with E-state index in [9.17, 15) is 9.90 Å². The lowest BCUT2D eigenvalue weighted by molar-refractivity contribution is -0.119. The van der Waals surface area contributed by atoms with Crippen LogP contribution in [0.4, 0.5) is 11.4 Å². The summed E-state index contributed by atoms with van der Waals surface area (Å²) >= 11 is 2.90. The average molecular weight is 535 g/mol. The fraction of sp³-hybridized carbons (Fsp3) is 0.310. The molecule has 194 valence electrons. The Morgan fingerprint density at radius 3 is 2.05 bits per heavy atom. The van der Waals surface area contributed by atoms with Gasteiger partial charge in [0.05, 0.1) is 4.88 Å². The molecule has 0 saturated heterocycles. The van der Waals surface area contributed by atoms with Crippen LogP contribution in [0.3, 0.4) is 0 Å². The van der Waals surface area contributed by atoms with Crippen LogP contribution in [-0.4, -0.2) is 16.8 Å². The van der Waals surface area contributed by atoms with E-state index in [1.165, 1.54) is 23.1 Å². The third kappa shape index (κ3) is 5.55. The number of amidine groups is 1. The lowest BCUT2D eigenvalue weighted by Crippen LogP contribution is -2.45. The monoisotopic (exact) mass is 534 g/mol. The summed E-state index contributed by atoms with van der Waals surface area (Å²) < 4.78 is 0. The van der Waals surface area contributed by atoms with E-state index in [0.717, 1.165) is 27.3 Å². The molecule has 0 bridgehead atoms. The normalized spacial score (nSPS) is 17.4. The van der Waals surface area contributed by atoms with Gasteiger partial charge in [-0.05, 0) is 57.5 Å². The zero-order valence-electron chi connectivity index (χ0n) is 22.0. The van der Waals surface area contributed by atoms with Crippen molar-refractivity contribution in [3.8, 4) is 5.75 Å². The van der Waals surface area contributed by atoms with E-state index in [-0.39, 0.29) is 22.5 Å². The van der Waals surface area contributed by atoms with Gasteiger partial charge in [0.2, 0.25) is 0 Å². The Kier molecular flexibility index (Phi) is 7.18. The molecule has 0 radical (unpaired) electrons. The number of aromatic hydroxyl groups is 1. The molecule has 1 aliphatic rings. The van der Waals surface area contributed by atoms with Crippen molar-refractivity contribution in [3.05, 3.63) is 87.1 Å². The van der Waals surface area contributed by atoms with Gasteiger partial charge < -0.3 is 21.1 Å². The highest BCUT2D eigenvalue weighted by molar-refractivity contribution is 8.04. The second-order valence-electron chi connectivity index (χ2n) is 11.2. The fourth-order valence-corrected chi connectivity index (χ4v) is 5.74. The van der Waals surface area contributed by atoms with Crippen LogP contribution >= 0.6 is 23.1 Å². The Morgan fingerprint density at radius 2 is 1.57 bits per heavy atom. The number of thioether (sulfide) groups is 1. The molecule has 2 heterocycles. The summed E-state index contributed by atoms with van der Waals surface area (Å²) in [5.74, 6) is 0.403. The standard InChI is InChI=1S/C29H34N4O2S2/c1-27(2,3)21-16-20(17-22(24(21)34)28(4,5)6)33-26(35)29(31-13-15-37-29)18-9-11-19(12-10-18)32-25(30)23-8-7-14-36-23/h7-17,31,34H,1-6H3,(H2,30,32)(H,33,35). The third-order valence-electron chi connectivity index (χ3n) is 6.23. The van der Waals surface area contributed by atoms with E-state index >= 15 is 0 Å². The van der Waals surface area contributed by atoms with Gasteiger partial charge in [0, 0.05) is 28.7 Å². The quantitative estimate of drug-likeness (QED) is 0.137. The van der Waals surface area contributed by atoms with Gasteiger partial charge in [-0.3, -0.25) is 10.2 Å². The van der Waals surface area contributed by atoms with Crippen molar-refractivity contribution in [2.24, 2.45) is 0 Å². The number of anilines is 2. The topological polar surface area (TPSA) is 97.2 Å². The number of rotatable bonds is 5. The molecule has 1 aromatic heterocycles. The summed E-state index contributed by atoms with van der Waals surface area (Å²) in [6, 6.07) is 15.1. The Hall–Kier alpha value is -3.23. The number of amides is 1. The number of hydrogen-bond donors (Lipinski definition) is 5.